The van der Waals surface area contributed by atoms with Gasteiger partial charge in [-0.2, -0.15) is 5.26 Å². The molecule has 2 aromatic rings. The van der Waals surface area contributed by atoms with Gasteiger partial charge in [-0.15, -0.1) is 0 Å². The molecule has 1 N–H and O–H groups in total. The van der Waals surface area contributed by atoms with Crippen LogP contribution in [0.5, 0.6) is 5.75 Å². The number of nitrogens with one attached hydrogen (secondary N) is 1. The van der Waals surface area contributed by atoms with Gasteiger partial charge in [0.25, 0.3) is 11.8 Å². The third kappa shape index (κ3) is 5.80. The molecule has 7 heteroatoms. The van der Waals surface area contributed by atoms with Crippen molar-refractivity contribution in [2.45, 2.75) is 0 Å². The van der Waals surface area contributed by atoms with Crippen molar-refractivity contribution >= 4 is 17.8 Å². The van der Waals surface area contributed by atoms with E-state index < -0.39 is 31.0 Å². The highest BCUT2D eigenvalue weighted by atomic mass is 16.6. The minimum atomic E-state index is -0.758. The topological polar surface area (TPSA) is 105 Å². The molecule has 25 heavy (non-hydrogen) atoms. The lowest BCUT2D eigenvalue weighted by atomic mass is 10.2. The molecular weight excluding hydrogens is 324 g/mol. The number of imide groups is 1. The fraction of sp³-hybridized carbons (Fsp3) is 0.111. The van der Waals surface area contributed by atoms with Gasteiger partial charge in [0.2, 0.25) is 0 Å². The second-order valence-corrected chi connectivity index (χ2v) is 4.83. The highest BCUT2D eigenvalue weighted by molar-refractivity contribution is 6.05. The van der Waals surface area contributed by atoms with Crippen LogP contribution in [0.25, 0.3) is 0 Å². The van der Waals surface area contributed by atoms with Crippen LogP contribution in [0.15, 0.2) is 54.6 Å². The first-order chi connectivity index (χ1) is 12.1. The van der Waals surface area contributed by atoms with Crippen molar-refractivity contribution in [1.82, 2.24) is 5.32 Å². The number of nitriles is 1. The summed E-state index contributed by atoms with van der Waals surface area (Å²) in [6.07, 6.45) is 0. The zero-order valence-corrected chi connectivity index (χ0v) is 13.1. The second-order valence-electron chi connectivity index (χ2n) is 4.83. The van der Waals surface area contributed by atoms with Crippen LogP contribution in [0.4, 0.5) is 0 Å². The molecule has 0 saturated heterocycles. The van der Waals surface area contributed by atoms with E-state index >= 15 is 0 Å². The molecule has 0 atom stereocenters. The number of esters is 1. The van der Waals surface area contributed by atoms with E-state index in [1.165, 1.54) is 12.1 Å². The van der Waals surface area contributed by atoms with Crippen molar-refractivity contribution < 1.29 is 23.9 Å². The Hall–Kier alpha value is -3.66. The minimum Gasteiger partial charge on any atom is -0.482 e. The van der Waals surface area contributed by atoms with Gasteiger partial charge in [0.05, 0.1) is 11.6 Å². The van der Waals surface area contributed by atoms with Gasteiger partial charge in [-0.1, -0.05) is 18.2 Å². The van der Waals surface area contributed by atoms with Gasteiger partial charge in [-0.05, 0) is 36.4 Å². The van der Waals surface area contributed by atoms with E-state index in [0.717, 1.165) is 0 Å². The first-order valence-electron chi connectivity index (χ1n) is 7.26. The van der Waals surface area contributed by atoms with Gasteiger partial charge in [0.1, 0.15) is 5.75 Å². The summed E-state index contributed by atoms with van der Waals surface area (Å²) in [6, 6.07) is 16.3. The molecule has 0 aliphatic carbocycles. The van der Waals surface area contributed by atoms with Crippen LogP contribution in [0.2, 0.25) is 0 Å². The fourth-order valence-electron chi connectivity index (χ4n) is 1.78. The first kappa shape index (κ1) is 17.7. The summed E-state index contributed by atoms with van der Waals surface area (Å²) in [5, 5.41) is 10.8. The highest BCUT2D eigenvalue weighted by Crippen LogP contribution is 2.11. The smallest absolute Gasteiger partial charge is 0.344 e. The molecule has 0 heterocycles. The number of carbonyl (C=O) groups is 3. The summed E-state index contributed by atoms with van der Waals surface area (Å²) in [7, 11) is 0. The predicted molar refractivity (Wildman–Crippen MR) is 86.5 cm³/mol. The Kier molecular flexibility index (Phi) is 6.25. The van der Waals surface area contributed by atoms with Gasteiger partial charge in [0, 0.05) is 5.56 Å². The Morgan fingerprint density at radius 1 is 0.960 bits per heavy atom. The Morgan fingerprint density at radius 2 is 1.64 bits per heavy atom. The lowest BCUT2D eigenvalue weighted by Gasteiger charge is -2.07. The minimum absolute atomic E-state index is 0.325. The average Bonchev–Trinajstić information content (AvgIpc) is 2.65. The third-order valence-corrected chi connectivity index (χ3v) is 2.99. The molecule has 0 radical (unpaired) electrons. The molecule has 126 valence electrons. The van der Waals surface area contributed by atoms with Crippen molar-refractivity contribution in [3.8, 4) is 11.8 Å². The number of amides is 2. The predicted octanol–water partition coefficient (Wildman–Crippen LogP) is 1.44. The van der Waals surface area contributed by atoms with Crippen LogP contribution in [-0.4, -0.2) is 31.0 Å². The third-order valence-electron chi connectivity index (χ3n) is 2.99. The molecule has 0 spiro atoms. The molecule has 0 aromatic heterocycles. The molecule has 0 unspecified atom stereocenters. The Morgan fingerprint density at radius 3 is 2.28 bits per heavy atom. The van der Waals surface area contributed by atoms with Crippen molar-refractivity contribution in [2.24, 2.45) is 0 Å². The fourth-order valence-corrected chi connectivity index (χ4v) is 1.78. The van der Waals surface area contributed by atoms with Crippen LogP contribution >= 0.6 is 0 Å². The molecular formula is C18H14N2O5. The summed E-state index contributed by atoms with van der Waals surface area (Å²) >= 11 is 0. The summed E-state index contributed by atoms with van der Waals surface area (Å²) in [5.74, 6) is -1.68. The van der Waals surface area contributed by atoms with E-state index in [1.807, 2.05) is 6.07 Å². The molecule has 0 bridgehead atoms. The Labute approximate surface area is 143 Å². The number of nitrogens with zero attached hydrogens (tertiary/aromatic N) is 1. The normalized spacial score (nSPS) is 9.56. The molecule has 0 aliphatic heterocycles. The number of benzene rings is 2. The molecule has 0 saturated carbocycles. The molecule has 0 aliphatic rings. The lowest BCUT2D eigenvalue weighted by Crippen LogP contribution is -2.34. The maximum atomic E-state index is 11.7. The summed E-state index contributed by atoms with van der Waals surface area (Å²) in [6.45, 7) is -0.986. The number of ether oxygens (including phenoxy) is 2. The quantitative estimate of drug-likeness (QED) is 0.799. The molecule has 2 rings (SSSR count). The van der Waals surface area contributed by atoms with E-state index in [4.69, 9.17) is 14.7 Å². The van der Waals surface area contributed by atoms with Crippen LogP contribution in [-0.2, 0) is 14.3 Å². The summed E-state index contributed by atoms with van der Waals surface area (Å²) in [5.41, 5.74) is 0.793. The maximum Gasteiger partial charge on any atom is 0.344 e. The van der Waals surface area contributed by atoms with Crippen LogP contribution < -0.4 is 10.1 Å². The van der Waals surface area contributed by atoms with Gasteiger partial charge in [-0.25, -0.2) is 4.79 Å². The molecule has 7 nitrogen and oxygen atoms in total. The lowest BCUT2D eigenvalue weighted by molar-refractivity contribution is -0.150. The molecule has 2 amide bonds. The Bertz CT molecular complexity index is 794. The van der Waals surface area contributed by atoms with Crippen molar-refractivity contribution in [1.29, 1.82) is 5.26 Å². The zero-order valence-electron chi connectivity index (χ0n) is 13.1. The summed E-state index contributed by atoms with van der Waals surface area (Å²) < 4.78 is 9.89. The van der Waals surface area contributed by atoms with Crippen molar-refractivity contribution in [2.75, 3.05) is 13.2 Å². The number of rotatable bonds is 6. The SMILES string of the molecule is N#Cc1ccc(OCC(=O)OCC(=O)NC(=O)c2ccccc2)cc1. The zero-order chi connectivity index (χ0) is 18.1. The van der Waals surface area contributed by atoms with E-state index in [2.05, 4.69) is 5.32 Å². The number of hydrogen-bond donors (Lipinski definition) is 1. The van der Waals surface area contributed by atoms with Gasteiger partial charge < -0.3 is 9.47 Å². The summed E-state index contributed by atoms with van der Waals surface area (Å²) in [4.78, 5) is 34.9. The second kappa shape index (κ2) is 8.84. The molecule has 0 fully saturated rings. The van der Waals surface area contributed by atoms with E-state index in [9.17, 15) is 14.4 Å². The van der Waals surface area contributed by atoms with Crippen LogP contribution in [0.3, 0.4) is 0 Å². The van der Waals surface area contributed by atoms with Crippen LogP contribution in [0.1, 0.15) is 15.9 Å². The maximum absolute atomic E-state index is 11.7. The van der Waals surface area contributed by atoms with Gasteiger partial charge in [-0.3, -0.25) is 14.9 Å². The van der Waals surface area contributed by atoms with Gasteiger partial charge >= 0.3 is 5.97 Å². The number of hydrogen-bond acceptors (Lipinski definition) is 6. The van der Waals surface area contributed by atoms with E-state index in [0.29, 0.717) is 16.9 Å². The first-order valence-corrected chi connectivity index (χ1v) is 7.26. The van der Waals surface area contributed by atoms with Crippen molar-refractivity contribution in [3.05, 3.63) is 65.7 Å². The van der Waals surface area contributed by atoms with Crippen molar-refractivity contribution in [3.63, 3.8) is 0 Å². The number of carbonyl (C=O) groups excluding carboxylic acids is 3. The average molecular weight is 338 g/mol. The van der Waals surface area contributed by atoms with Gasteiger partial charge in [0.15, 0.2) is 13.2 Å². The monoisotopic (exact) mass is 338 g/mol. The standard InChI is InChI=1S/C18H14N2O5/c19-10-13-6-8-15(9-7-13)24-12-17(22)25-11-16(21)20-18(23)14-4-2-1-3-5-14/h1-9H,11-12H2,(H,20,21,23). The van der Waals surface area contributed by atoms with E-state index in [-0.39, 0.29) is 0 Å². The highest BCUT2D eigenvalue weighted by Gasteiger charge is 2.12. The van der Waals surface area contributed by atoms with Crippen LogP contribution in [0, 0.1) is 11.3 Å². The molecule has 2 aromatic carbocycles. The Balaban J connectivity index is 1.71. The van der Waals surface area contributed by atoms with E-state index in [1.54, 1.807) is 42.5 Å². The largest absolute Gasteiger partial charge is 0.482 e.